The van der Waals surface area contributed by atoms with Crippen LogP contribution >= 0.6 is 38.5 Å². The molecule has 7 heteroatoms. The normalized spacial score (nSPS) is 11.6. The number of nitrogens with zero attached hydrogens (tertiary/aromatic N) is 1. The number of pyridine rings is 1. The number of hydrogen-bond donors (Lipinski definition) is 0. The summed E-state index contributed by atoms with van der Waals surface area (Å²) in [6.45, 7) is 1.52. The second kappa shape index (κ2) is 4.86. The van der Waals surface area contributed by atoms with E-state index in [1.54, 1.807) is 22.6 Å². The SMILES string of the molecule is Cc1cnc(CBr)c(I)c1OC(F)(F)F. The summed E-state index contributed by atoms with van der Waals surface area (Å²) in [5.41, 5.74) is 0.891. The van der Waals surface area contributed by atoms with Crippen molar-refractivity contribution in [2.24, 2.45) is 0 Å². The van der Waals surface area contributed by atoms with Gasteiger partial charge in [0.2, 0.25) is 0 Å². The summed E-state index contributed by atoms with van der Waals surface area (Å²) in [6, 6.07) is 0. The summed E-state index contributed by atoms with van der Waals surface area (Å²) in [5.74, 6) is -0.174. The first-order chi connectivity index (χ1) is 6.85. The molecule has 2 nitrogen and oxygen atoms in total. The minimum Gasteiger partial charge on any atom is -0.404 e. The van der Waals surface area contributed by atoms with Crippen molar-refractivity contribution < 1.29 is 17.9 Å². The molecule has 0 aliphatic carbocycles. The van der Waals surface area contributed by atoms with Crippen LogP contribution in [0.1, 0.15) is 11.3 Å². The highest BCUT2D eigenvalue weighted by Crippen LogP contribution is 2.32. The summed E-state index contributed by atoms with van der Waals surface area (Å²) < 4.78 is 40.6. The number of alkyl halides is 4. The zero-order valence-electron chi connectivity index (χ0n) is 7.53. The van der Waals surface area contributed by atoms with Crippen molar-refractivity contribution in [1.29, 1.82) is 0 Å². The zero-order chi connectivity index (χ0) is 11.6. The van der Waals surface area contributed by atoms with E-state index in [1.165, 1.54) is 13.1 Å². The summed E-state index contributed by atoms with van der Waals surface area (Å²) in [4.78, 5) is 3.99. The molecule has 84 valence electrons. The Kier molecular flexibility index (Phi) is 4.21. The van der Waals surface area contributed by atoms with E-state index >= 15 is 0 Å². The Balaban J connectivity index is 3.15. The van der Waals surface area contributed by atoms with Gasteiger partial charge in [-0.05, 0) is 29.5 Å². The minimum absolute atomic E-state index is 0.174. The Morgan fingerprint density at radius 1 is 1.53 bits per heavy atom. The van der Waals surface area contributed by atoms with Crippen molar-refractivity contribution in [3.63, 3.8) is 0 Å². The summed E-state index contributed by atoms with van der Waals surface area (Å²) in [5, 5.41) is 0.389. The third-order valence-electron chi connectivity index (χ3n) is 1.57. The van der Waals surface area contributed by atoms with E-state index in [0.29, 0.717) is 20.2 Å². The lowest BCUT2D eigenvalue weighted by Crippen LogP contribution is -2.19. The Morgan fingerprint density at radius 2 is 2.13 bits per heavy atom. The number of halogens is 5. The van der Waals surface area contributed by atoms with Crippen molar-refractivity contribution >= 4 is 38.5 Å². The standard InChI is InChI=1S/C8H6BrF3INO/c1-4-3-14-5(2-9)6(13)7(4)15-8(10,11)12/h3H,2H2,1H3. The van der Waals surface area contributed by atoms with Gasteiger partial charge in [0.05, 0.1) is 9.26 Å². The molecule has 0 bridgehead atoms. The molecular weight excluding hydrogens is 390 g/mol. The highest BCUT2D eigenvalue weighted by Gasteiger charge is 2.33. The molecule has 0 fully saturated rings. The third kappa shape index (κ3) is 3.47. The Bertz CT molecular complexity index is 370. The van der Waals surface area contributed by atoms with Crippen molar-refractivity contribution in [2.75, 3.05) is 0 Å². The second-order valence-corrected chi connectivity index (χ2v) is 4.35. The largest absolute Gasteiger partial charge is 0.573 e. The van der Waals surface area contributed by atoms with E-state index in [4.69, 9.17) is 0 Å². The molecule has 0 radical (unpaired) electrons. The lowest BCUT2D eigenvalue weighted by molar-refractivity contribution is -0.275. The van der Waals surface area contributed by atoms with Gasteiger partial charge in [0, 0.05) is 17.1 Å². The first-order valence-corrected chi connectivity index (χ1v) is 6.01. The Labute approximate surface area is 106 Å². The van der Waals surface area contributed by atoms with Gasteiger partial charge in [0.1, 0.15) is 5.75 Å². The molecule has 0 atom stereocenters. The summed E-state index contributed by atoms with van der Waals surface area (Å²) in [7, 11) is 0. The topological polar surface area (TPSA) is 22.1 Å². The maximum Gasteiger partial charge on any atom is 0.573 e. The maximum absolute atomic E-state index is 12.1. The average molecular weight is 396 g/mol. The highest BCUT2D eigenvalue weighted by atomic mass is 127. The molecule has 0 unspecified atom stereocenters. The molecule has 15 heavy (non-hydrogen) atoms. The predicted octanol–water partition coefficient (Wildman–Crippen LogP) is 3.79. The number of aromatic nitrogens is 1. The van der Waals surface area contributed by atoms with Crippen molar-refractivity contribution in [1.82, 2.24) is 4.98 Å². The smallest absolute Gasteiger partial charge is 0.404 e. The fourth-order valence-electron chi connectivity index (χ4n) is 0.928. The molecule has 1 heterocycles. The van der Waals surface area contributed by atoms with Gasteiger partial charge in [-0.15, -0.1) is 13.2 Å². The van der Waals surface area contributed by atoms with Crippen LogP contribution in [-0.4, -0.2) is 11.3 Å². The number of aryl methyl sites for hydroxylation is 1. The van der Waals surface area contributed by atoms with Gasteiger partial charge >= 0.3 is 6.36 Å². The van der Waals surface area contributed by atoms with Crippen LogP contribution in [-0.2, 0) is 5.33 Å². The molecule has 0 amide bonds. The Morgan fingerprint density at radius 3 is 2.60 bits per heavy atom. The van der Waals surface area contributed by atoms with Crippen LogP contribution in [0.5, 0.6) is 5.75 Å². The number of rotatable bonds is 2. The monoisotopic (exact) mass is 395 g/mol. The van der Waals surface area contributed by atoms with Crippen LogP contribution in [0, 0.1) is 10.5 Å². The van der Waals surface area contributed by atoms with E-state index in [2.05, 4.69) is 25.7 Å². The molecular formula is C8H6BrF3INO. The maximum atomic E-state index is 12.1. The van der Waals surface area contributed by atoms with E-state index in [9.17, 15) is 13.2 Å². The van der Waals surface area contributed by atoms with Gasteiger partial charge < -0.3 is 4.74 Å². The van der Waals surface area contributed by atoms with Gasteiger partial charge in [0.15, 0.2) is 0 Å². The molecule has 1 aromatic heterocycles. The van der Waals surface area contributed by atoms with Gasteiger partial charge in [-0.1, -0.05) is 15.9 Å². The van der Waals surface area contributed by atoms with Crippen LogP contribution in [0.25, 0.3) is 0 Å². The molecule has 0 saturated heterocycles. The third-order valence-corrected chi connectivity index (χ3v) is 3.21. The van der Waals surface area contributed by atoms with Gasteiger partial charge in [-0.3, -0.25) is 4.98 Å². The van der Waals surface area contributed by atoms with Crippen LogP contribution in [0.2, 0.25) is 0 Å². The fourth-order valence-corrected chi connectivity index (χ4v) is 2.74. The fraction of sp³-hybridized carbons (Fsp3) is 0.375. The highest BCUT2D eigenvalue weighted by molar-refractivity contribution is 14.1. The first kappa shape index (κ1) is 13.0. The second-order valence-electron chi connectivity index (χ2n) is 2.71. The van der Waals surface area contributed by atoms with Crippen molar-refractivity contribution in [2.45, 2.75) is 18.6 Å². The van der Waals surface area contributed by atoms with Gasteiger partial charge in [-0.25, -0.2) is 0 Å². The molecule has 0 aliphatic heterocycles. The van der Waals surface area contributed by atoms with E-state index in [1.807, 2.05) is 0 Å². The minimum atomic E-state index is -4.67. The number of ether oxygens (including phenoxy) is 1. The van der Waals surface area contributed by atoms with Crippen molar-refractivity contribution in [3.05, 3.63) is 21.0 Å². The van der Waals surface area contributed by atoms with Crippen LogP contribution in [0.3, 0.4) is 0 Å². The zero-order valence-corrected chi connectivity index (χ0v) is 11.3. The van der Waals surface area contributed by atoms with Crippen LogP contribution in [0.15, 0.2) is 6.20 Å². The van der Waals surface area contributed by atoms with E-state index in [0.717, 1.165) is 0 Å². The van der Waals surface area contributed by atoms with Crippen molar-refractivity contribution in [3.8, 4) is 5.75 Å². The summed E-state index contributed by atoms with van der Waals surface area (Å²) in [6.07, 6.45) is -3.31. The van der Waals surface area contributed by atoms with Gasteiger partial charge in [-0.2, -0.15) is 0 Å². The first-order valence-electron chi connectivity index (χ1n) is 3.81. The van der Waals surface area contributed by atoms with E-state index < -0.39 is 6.36 Å². The molecule has 0 aliphatic rings. The molecule has 0 aromatic carbocycles. The lowest BCUT2D eigenvalue weighted by atomic mass is 10.2. The van der Waals surface area contributed by atoms with E-state index in [-0.39, 0.29) is 5.75 Å². The molecule has 0 spiro atoms. The molecule has 0 N–H and O–H groups in total. The molecule has 1 rings (SSSR count). The number of hydrogen-bond acceptors (Lipinski definition) is 2. The Hall–Kier alpha value is -0.0500. The summed E-state index contributed by atoms with van der Waals surface area (Å²) >= 11 is 4.93. The average Bonchev–Trinajstić information content (AvgIpc) is 2.11. The van der Waals surface area contributed by atoms with Crippen LogP contribution in [0.4, 0.5) is 13.2 Å². The predicted molar refractivity (Wildman–Crippen MR) is 61.0 cm³/mol. The molecule has 0 saturated carbocycles. The molecule has 1 aromatic rings. The van der Waals surface area contributed by atoms with Crippen LogP contribution < -0.4 is 4.74 Å². The lowest BCUT2D eigenvalue weighted by Gasteiger charge is -2.14. The van der Waals surface area contributed by atoms with Gasteiger partial charge in [0.25, 0.3) is 0 Å². The quantitative estimate of drug-likeness (QED) is 0.561.